The Bertz CT molecular complexity index is 1040. The molecular weight excluding hydrogens is 378 g/mol. The number of anilines is 1. The predicted molar refractivity (Wildman–Crippen MR) is 105 cm³/mol. The monoisotopic (exact) mass is 399 g/mol. The topological polar surface area (TPSA) is 106 Å². The fraction of sp³-hybridized carbons (Fsp3) is 0.211. The molecule has 0 atom stereocenters. The van der Waals surface area contributed by atoms with Gasteiger partial charge in [-0.3, -0.25) is 9.67 Å². The first-order chi connectivity index (χ1) is 13.3. The maximum Gasteiger partial charge on any atom is 0.319 e. The van der Waals surface area contributed by atoms with Gasteiger partial charge in [-0.15, -0.1) is 0 Å². The van der Waals surface area contributed by atoms with E-state index in [4.69, 9.17) is 0 Å². The first-order valence-electron chi connectivity index (χ1n) is 8.59. The van der Waals surface area contributed by atoms with E-state index in [0.29, 0.717) is 17.9 Å². The quantitative estimate of drug-likeness (QED) is 0.662. The van der Waals surface area contributed by atoms with Gasteiger partial charge in [0.1, 0.15) is 0 Å². The predicted octanol–water partition coefficient (Wildman–Crippen LogP) is 2.42. The molecule has 3 rings (SSSR count). The Labute approximate surface area is 163 Å². The summed E-state index contributed by atoms with van der Waals surface area (Å²) in [6.45, 7) is 2.21. The van der Waals surface area contributed by atoms with Gasteiger partial charge in [0.05, 0.1) is 16.3 Å². The van der Waals surface area contributed by atoms with E-state index >= 15 is 0 Å². The van der Waals surface area contributed by atoms with E-state index in [1.807, 2.05) is 13.0 Å². The molecule has 28 heavy (non-hydrogen) atoms. The molecule has 0 spiro atoms. The van der Waals surface area contributed by atoms with Gasteiger partial charge in [0.2, 0.25) is 0 Å². The molecule has 0 saturated heterocycles. The Morgan fingerprint density at radius 2 is 1.93 bits per heavy atom. The highest BCUT2D eigenvalue weighted by atomic mass is 32.2. The van der Waals surface area contributed by atoms with Gasteiger partial charge in [0, 0.05) is 37.4 Å². The number of benzene rings is 1. The van der Waals surface area contributed by atoms with E-state index in [1.165, 1.54) is 12.1 Å². The molecule has 3 aromatic rings. The van der Waals surface area contributed by atoms with Crippen LogP contribution in [-0.2, 0) is 29.2 Å². The van der Waals surface area contributed by atoms with E-state index in [2.05, 4.69) is 20.7 Å². The molecule has 0 radical (unpaired) electrons. The van der Waals surface area contributed by atoms with Gasteiger partial charge in [0.15, 0.2) is 9.84 Å². The molecule has 0 aliphatic carbocycles. The molecule has 0 aliphatic rings. The summed E-state index contributed by atoms with van der Waals surface area (Å²) in [5.41, 5.74) is 2.76. The largest absolute Gasteiger partial charge is 0.334 e. The molecule has 146 valence electrons. The normalized spacial score (nSPS) is 11.2. The number of nitrogens with one attached hydrogen (secondary N) is 2. The van der Waals surface area contributed by atoms with Gasteiger partial charge in [-0.2, -0.15) is 5.10 Å². The average molecular weight is 399 g/mol. The lowest BCUT2D eigenvalue weighted by atomic mass is 10.3. The maximum atomic E-state index is 12.6. The second-order valence-corrected chi connectivity index (χ2v) is 8.34. The zero-order valence-electron chi connectivity index (χ0n) is 15.6. The second-order valence-electron chi connectivity index (χ2n) is 6.35. The minimum atomic E-state index is -3.52. The Balaban J connectivity index is 1.60. The molecule has 2 N–H and O–H groups in total. The van der Waals surface area contributed by atoms with E-state index in [1.54, 1.807) is 48.4 Å². The summed E-state index contributed by atoms with van der Waals surface area (Å²) in [5.74, 6) is -0.174. The molecule has 8 nitrogen and oxygen atoms in total. The van der Waals surface area contributed by atoms with Crippen molar-refractivity contribution in [2.45, 2.75) is 24.1 Å². The molecule has 0 bridgehead atoms. The maximum absolute atomic E-state index is 12.6. The summed E-state index contributed by atoms with van der Waals surface area (Å²) < 4.78 is 26.8. The van der Waals surface area contributed by atoms with Crippen LogP contribution in [0.5, 0.6) is 0 Å². The third-order valence-electron chi connectivity index (χ3n) is 4.15. The number of aryl methyl sites for hydroxylation is 2. The van der Waals surface area contributed by atoms with Crippen molar-refractivity contribution < 1.29 is 13.2 Å². The van der Waals surface area contributed by atoms with Crippen LogP contribution in [0, 0.1) is 6.92 Å². The van der Waals surface area contributed by atoms with E-state index in [0.717, 1.165) is 11.3 Å². The number of aromatic nitrogens is 3. The fourth-order valence-electron chi connectivity index (χ4n) is 2.59. The zero-order valence-corrected chi connectivity index (χ0v) is 16.4. The summed E-state index contributed by atoms with van der Waals surface area (Å²) in [5, 5.41) is 9.58. The van der Waals surface area contributed by atoms with Gasteiger partial charge < -0.3 is 10.6 Å². The molecule has 9 heteroatoms. The number of amides is 2. The van der Waals surface area contributed by atoms with E-state index in [9.17, 15) is 13.2 Å². The number of carbonyl (C=O) groups is 1. The highest BCUT2D eigenvalue weighted by Crippen LogP contribution is 2.19. The van der Waals surface area contributed by atoms with Gasteiger partial charge in [0.25, 0.3) is 0 Å². The fourth-order valence-corrected chi connectivity index (χ4v) is 3.84. The van der Waals surface area contributed by atoms with Crippen LogP contribution in [-0.4, -0.2) is 29.2 Å². The lowest BCUT2D eigenvalue weighted by Crippen LogP contribution is -2.28. The number of rotatable bonds is 6. The first-order valence-corrected chi connectivity index (χ1v) is 10.2. The van der Waals surface area contributed by atoms with Crippen LogP contribution >= 0.6 is 0 Å². The third kappa shape index (κ3) is 4.95. The summed E-state index contributed by atoms with van der Waals surface area (Å²) in [4.78, 5) is 16.1. The number of urea groups is 1. The van der Waals surface area contributed by atoms with Crippen molar-refractivity contribution in [3.63, 3.8) is 0 Å². The van der Waals surface area contributed by atoms with Crippen molar-refractivity contribution in [2.75, 3.05) is 5.32 Å². The standard InChI is InChI=1S/C19H21N5O3S/c1-14-10-17(23-24(14)2)13-28(26,27)18-7-5-16(6-8-18)22-19(25)21-12-15-4-3-9-20-11-15/h3-11H,12-13H2,1-2H3,(H2,21,22,25). The zero-order chi connectivity index (χ0) is 20.1. The second kappa shape index (κ2) is 8.22. The van der Waals surface area contributed by atoms with Crippen LogP contribution < -0.4 is 10.6 Å². The number of pyridine rings is 1. The van der Waals surface area contributed by atoms with Crippen molar-refractivity contribution in [1.82, 2.24) is 20.1 Å². The van der Waals surface area contributed by atoms with Crippen LogP contribution in [0.25, 0.3) is 0 Å². The van der Waals surface area contributed by atoms with Crippen LogP contribution in [0.4, 0.5) is 10.5 Å². The van der Waals surface area contributed by atoms with Gasteiger partial charge in [-0.05, 0) is 48.9 Å². The molecule has 2 amide bonds. The Kier molecular flexibility index (Phi) is 5.74. The average Bonchev–Trinajstić information content (AvgIpc) is 2.98. The smallest absolute Gasteiger partial charge is 0.319 e. The van der Waals surface area contributed by atoms with Crippen LogP contribution in [0.2, 0.25) is 0 Å². The van der Waals surface area contributed by atoms with Gasteiger partial charge in [-0.1, -0.05) is 6.07 Å². The van der Waals surface area contributed by atoms with Crippen LogP contribution in [0.15, 0.2) is 59.8 Å². The van der Waals surface area contributed by atoms with Gasteiger partial charge in [-0.25, -0.2) is 13.2 Å². The summed E-state index contributed by atoms with van der Waals surface area (Å²) in [7, 11) is -1.75. The van der Waals surface area contributed by atoms with E-state index < -0.39 is 9.84 Å². The molecule has 0 saturated carbocycles. The molecular formula is C19H21N5O3S. The summed E-state index contributed by atoms with van der Waals surface area (Å²) in [6, 6.07) is 11.1. The number of nitrogens with zero attached hydrogens (tertiary/aromatic N) is 3. The molecule has 0 fully saturated rings. The molecule has 2 heterocycles. The first kappa shape index (κ1) is 19.6. The third-order valence-corrected chi connectivity index (χ3v) is 5.82. The lowest BCUT2D eigenvalue weighted by molar-refractivity contribution is 0.251. The highest BCUT2D eigenvalue weighted by Gasteiger charge is 2.17. The Morgan fingerprint density at radius 3 is 2.54 bits per heavy atom. The minimum absolute atomic E-state index is 0.174. The van der Waals surface area contributed by atoms with Crippen LogP contribution in [0.3, 0.4) is 0 Å². The number of hydrogen-bond donors (Lipinski definition) is 2. The highest BCUT2D eigenvalue weighted by molar-refractivity contribution is 7.90. The number of hydrogen-bond acceptors (Lipinski definition) is 5. The SMILES string of the molecule is Cc1cc(CS(=O)(=O)c2ccc(NC(=O)NCc3cccnc3)cc2)nn1C. The van der Waals surface area contributed by atoms with Crippen molar-refractivity contribution in [3.8, 4) is 0 Å². The van der Waals surface area contributed by atoms with Crippen molar-refractivity contribution in [1.29, 1.82) is 0 Å². The molecule has 0 unspecified atom stereocenters. The molecule has 2 aromatic heterocycles. The lowest BCUT2D eigenvalue weighted by Gasteiger charge is -2.08. The Hall–Kier alpha value is -3.20. The Morgan fingerprint density at radius 1 is 1.18 bits per heavy atom. The minimum Gasteiger partial charge on any atom is -0.334 e. The molecule has 0 aliphatic heterocycles. The summed E-state index contributed by atoms with van der Waals surface area (Å²) in [6.07, 6.45) is 3.33. The van der Waals surface area contributed by atoms with Crippen molar-refractivity contribution >= 4 is 21.6 Å². The summed E-state index contributed by atoms with van der Waals surface area (Å²) >= 11 is 0. The molecule has 1 aromatic carbocycles. The number of carbonyl (C=O) groups excluding carboxylic acids is 1. The van der Waals surface area contributed by atoms with Crippen molar-refractivity contribution in [2.24, 2.45) is 7.05 Å². The number of sulfone groups is 1. The van der Waals surface area contributed by atoms with Gasteiger partial charge >= 0.3 is 6.03 Å². The van der Waals surface area contributed by atoms with E-state index in [-0.39, 0.29) is 16.7 Å². The van der Waals surface area contributed by atoms with Crippen LogP contribution in [0.1, 0.15) is 17.0 Å². The van der Waals surface area contributed by atoms with Crippen molar-refractivity contribution in [3.05, 3.63) is 71.8 Å².